The summed E-state index contributed by atoms with van der Waals surface area (Å²) >= 11 is 0. The molecule has 1 aromatic carbocycles. The number of hydrogen-bond donors (Lipinski definition) is 1. The molecule has 22 heavy (non-hydrogen) atoms. The summed E-state index contributed by atoms with van der Waals surface area (Å²) in [5, 5.41) is 8.45. The number of benzene rings is 1. The lowest BCUT2D eigenvalue weighted by Crippen LogP contribution is -2.48. The van der Waals surface area contributed by atoms with Crippen molar-refractivity contribution in [3.8, 4) is 5.69 Å². The summed E-state index contributed by atoms with van der Waals surface area (Å²) in [5.41, 5.74) is 4.96. The Balaban J connectivity index is 2.39. The maximum atomic E-state index is 4.77. The van der Waals surface area contributed by atoms with Crippen molar-refractivity contribution >= 4 is 0 Å². The number of hydrogen-bond acceptors (Lipinski definition) is 2. The lowest BCUT2D eigenvalue weighted by molar-refractivity contribution is 0.263. The highest BCUT2D eigenvalue weighted by Crippen LogP contribution is 2.27. The van der Waals surface area contributed by atoms with Gasteiger partial charge in [0.2, 0.25) is 0 Å². The van der Waals surface area contributed by atoms with Crippen molar-refractivity contribution in [1.82, 2.24) is 15.1 Å². The number of rotatable bonds is 6. The molecule has 0 fully saturated rings. The van der Waals surface area contributed by atoms with E-state index in [0.717, 1.165) is 24.3 Å². The van der Waals surface area contributed by atoms with E-state index in [4.69, 9.17) is 5.10 Å². The van der Waals surface area contributed by atoms with Crippen molar-refractivity contribution in [2.24, 2.45) is 5.92 Å². The number of aryl methyl sites for hydroxylation is 1. The molecule has 0 aliphatic heterocycles. The molecule has 120 valence electrons. The first-order valence-corrected chi connectivity index (χ1v) is 8.24. The van der Waals surface area contributed by atoms with Crippen LogP contribution in [-0.4, -0.2) is 21.9 Å². The summed E-state index contributed by atoms with van der Waals surface area (Å²) in [6.45, 7) is 14.3. The Hall–Kier alpha value is -1.61. The highest BCUT2D eigenvalue weighted by Gasteiger charge is 2.30. The smallest absolute Gasteiger partial charge is 0.0648 e. The van der Waals surface area contributed by atoms with Gasteiger partial charge >= 0.3 is 0 Å². The van der Waals surface area contributed by atoms with Crippen LogP contribution in [0, 0.1) is 19.8 Å². The second-order valence-electron chi connectivity index (χ2n) is 6.68. The maximum absolute atomic E-state index is 4.77. The summed E-state index contributed by atoms with van der Waals surface area (Å²) in [4.78, 5) is 0. The summed E-state index contributed by atoms with van der Waals surface area (Å²) in [5.74, 6) is 0.561. The van der Waals surface area contributed by atoms with Crippen molar-refractivity contribution in [2.45, 2.75) is 53.5 Å². The zero-order chi connectivity index (χ0) is 16.3. The fourth-order valence-corrected chi connectivity index (χ4v) is 2.99. The molecule has 0 aliphatic rings. The molecule has 1 atom stereocenters. The average Bonchev–Trinajstić information content (AvgIpc) is 2.76. The minimum atomic E-state index is 0.0921. The molecular formula is C19H29N3. The molecule has 0 radical (unpaired) electrons. The number of nitrogens with one attached hydrogen (secondary N) is 1. The topological polar surface area (TPSA) is 29.9 Å². The number of para-hydroxylation sites is 1. The van der Waals surface area contributed by atoms with Gasteiger partial charge in [-0.2, -0.15) is 5.10 Å². The van der Waals surface area contributed by atoms with E-state index in [1.807, 2.05) is 6.07 Å². The number of likely N-dealkylation sites (N-methyl/N-ethyl adjacent to an activating group) is 1. The van der Waals surface area contributed by atoms with Crippen LogP contribution in [0.5, 0.6) is 0 Å². The maximum Gasteiger partial charge on any atom is 0.0648 e. The molecule has 3 nitrogen and oxygen atoms in total. The van der Waals surface area contributed by atoms with Gasteiger partial charge < -0.3 is 5.32 Å². The van der Waals surface area contributed by atoms with Gasteiger partial charge in [0.25, 0.3) is 0 Å². The van der Waals surface area contributed by atoms with Crippen molar-refractivity contribution in [3.63, 3.8) is 0 Å². The van der Waals surface area contributed by atoms with E-state index in [1.165, 1.54) is 11.3 Å². The molecule has 1 unspecified atom stereocenters. The third-order valence-electron chi connectivity index (χ3n) is 4.84. The third-order valence-corrected chi connectivity index (χ3v) is 4.84. The van der Waals surface area contributed by atoms with Crippen LogP contribution in [0.2, 0.25) is 0 Å². The van der Waals surface area contributed by atoms with Crippen LogP contribution < -0.4 is 5.32 Å². The fraction of sp³-hybridized carbons (Fsp3) is 0.526. The largest absolute Gasteiger partial charge is 0.311 e. The molecule has 0 saturated carbocycles. The van der Waals surface area contributed by atoms with Gasteiger partial charge in [-0.3, -0.25) is 0 Å². The third kappa shape index (κ3) is 3.25. The van der Waals surface area contributed by atoms with E-state index in [1.54, 1.807) is 0 Å². The molecule has 1 N–H and O–H groups in total. The minimum absolute atomic E-state index is 0.0921. The lowest BCUT2D eigenvalue weighted by atomic mass is 9.82. The standard InChI is InChI=1S/C19H29N3/c1-7-20-19(6,14(2)3)13-18-15(4)21-22(16(18)5)17-11-9-8-10-12-17/h8-12,14,20H,7,13H2,1-6H3. The summed E-state index contributed by atoms with van der Waals surface area (Å²) in [6, 6.07) is 10.4. The molecule has 3 heteroatoms. The summed E-state index contributed by atoms with van der Waals surface area (Å²) in [6.07, 6.45) is 1.00. The van der Waals surface area contributed by atoms with Gasteiger partial charge in [-0.05, 0) is 57.4 Å². The van der Waals surface area contributed by atoms with Gasteiger partial charge in [-0.1, -0.05) is 39.0 Å². The van der Waals surface area contributed by atoms with Crippen LogP contribution in [0.25, 0.3) is 5.69 Å². The zero-order valence-electron chi connectivity index (χ0n) is 14.8. The van der Waals surface area contributed by atoms with Gasteiger partial charge in [-0.15, -0.1) is 0 Å². The van der Waals surface area contributed by atoms with Crippen LogP contribution in [-0.2, 0) is 6.42 Å². The Kier molecular flexibility index (Phi) is 5.07. The van der Waals surface area contributed by atoms with Gasteiger partial charge in [0.05, 0.1) is 11.4 Å². The zero-order valence-corrected chi connectivity index (χ0v) is 14.8. The van der Waals surface area contributed by atoms with E-state index < -0.39 is 0 Å². The van der Waals surface area contributed by atoms with Gasteiger partial charge in [0, 0.05) is 11.2 Å². The first-order valence-electron chi connectivity index (χ1n) is 8.24. The second-order valence-corrected chi connectivity index (χ2v) is 6.68. The van der Waals surface area contributed by atoms with Gasteiger partial charge in [0.15, 0.2) is 0 Å². The van der Waals surface area contributed by atoms with Crippen LogP contribution >= 0.6 is 0 Å². The molecule has 2 aromatic rings. The Morgan fingerprint density at radius 3 is 2.36 bits per heavy atom. The Morgan fingerprint density at radius 2 is 1.82 bits per heavy atom. The minimum Gasteiger partial charge on any atom is -0.311 e. The van der Waals surface area contributed by atoms with E-state index >= 15 is 0 Å². The SMILES string of the molecule is CCNC(C)(Cc1c(C)nn(-c2ccccc2)c1C)C(C)C. The van der Waals surface area contributed by atoms with E-state index in [-0.39, 0.29) is 5.54 Å². The molecule has 0 amide bonds. The summed E-state index contributed by atoms with van der Waals surface area (Å²) < 4.78 is 2.07. The summed E-state index contributed by atoms with van der Waals surface area (Å²) in [7, 11) is 0. The quantitative estimate of drug-likeness (QED) is 0.872. The Morgan fingerprint density at radius 1 is 1.18 bits per heavy atom. The first-order chi connectivity index (χ1) is 10.4. The van der Waals surface area contributed by atoms with Crippen molar-refractivity contribution in [2.75, 3.05) is 6.54 Å². The van der Waals surface area contributed by atoms with Crippen LogP contribution in [0.15, 0.2) is 30.3 Å². The predicted molar refractivity (Wildman–Crippen MR) is 93.7 cm³/mol. The molecule has 0 aliphatic carbocycles. The van der Waals surface area contributed by atoms with Crippen LogP contribution in [0.1, 0.15) is 44.6 Å². The normalized spacial score (nSPS) is 14.3. The molecule has 1 aromatic heterocycles. The molecule has 0 saturated heterocycles. The lowest BCUT2D eigenvalue weighted by Gasteiger charge is -2.35. The number of aromatic nitrogens is 2. The Bertz CT molecular complexity index is 613. The van der Waals surface area contributed by atoms with Crippen molar-refractivity contribution in [1.29, 1.82) is 0 Å². The van der Waals surface area contributed by atoms with Crippen LogP contribution in [0.4, 0.5) is 0 Å². The number of nitrogens with zero attached hydrogens (tertiary/aromatic N) is 2. The second kappa shape index (κ2) is 6.66. The fourth-order valence-electron chi connectivity index (χ4n) is 2.99. The van der Waals surface area contributed by atoms with Gasteiger partial charge in [-0.25, -0.2) is 4.68 Å². The monoisotopic (exact) mass is 299 g/mol. The molecule has 0 spiro atoms. The average molecular weight is 299 g/mol. The van der Waals surface area contributed by atoms with Crippen molar-refractivity contribution < 1.29 is 0 Å². The van der Waals surface area contributed by atoms with Crippen LogP contribution in [0.3, 0.4) is 0 Å². The van der Waals surface area contributed by atoms with E-state index in [0.29, 0.717) is 5.92 Å². The highest BCUT2D eigenvalue weighted by atomic mass is 15.3. The van der Waals surface area contributed by atoms with E-state index in [9.17, 15) is 0 Å². The van der Waals surface area contributed by atoms with E-state index in [2.05, 4.69) is 75.8 Å². The Labute approximate surface area is 134 Å². The predicted octanol–water partition coefficient (Wildman–Crippen LogP) is 4.06. The molecule has 2 rings (SSSR count). The van der Waals surface area contributed by atoms with Gasteiger partial charge in [0.1, 0.15) is 0 Å². The first kappa shape index (κ1) is 16.8. The molecular weight excluding hydrogens is 270 g/mol. The molecule has 1 heterocycles. The highest BCUT2D eigenvalue weighted by molar-refractivity contribution is 5.37. The molecule has 0 bridgehead atoms. The van der Waals surface area contributed by atoms with Crippen molar-refractivity contribution in [3.05, 3.63) is 47.3 Å².